The van der Waals surface area contributed by atoms with Crippen molar-refractivity contribution in [1.82, 2.24) is 9.88 Å². The van der Waals surface area contributed by atoms with Crippen LogP contribution < -0.4 is 10.1 Å². The molecular formula is C19H29N3O. The van der Waals surface area contributed by atoms with E-state index in [-0.39, 0.29) is 0 Å². The van der Waals surface area contributed by atoms with E-state index in [4.69, 9.17) is 4.74 Å². The van der Waals surface area contributed by atoms with Crippen molar-refractivity contribution in [1.29, 1.82) is 0 Å². The van der Waals surface area contributed by atoms with Crippen LogP contribution in [0.1, 0.15) is 33.6 Å². The number of hydrogen-bond donors (Lipinski definition) is 1. The lowest BCUT2D eigenvalue weighted by atomic mass is 10.1. The number of methoxy groups -OCH3 is 1. The van der Waals surface area contributed by atoms with Crippen molar-refractivity contribution in [2.45, 2.75) is 39.7 Å². The monoisotopic (exact) mass is 315 g/mol. The largest absolute Gasteiger partial charge is 0.497 e. The molecule has 0 saturated carbocycles. The molecule has 0 aliphatic rings. The SMILES string of the molecule is CCN(CC)CCC[C@H](C)Nc1ccc2cc(OC)ccc2n1. The summed E-state index contributed by atoms with van der Waals surface area (Å²) < 4.78 is 5.25. The number of aromatic nitrogens is 1. The lowest BCUT2D eigenvalue weighted by molar-refractivity contribution is 0.295. The van der Waals surface area contributed by atoms with Gasteiger partial charge in [0.15, 0.2) is 0 Å². The van der Waals surface area contributed by atoms with E-state index < -0.39 is 0 Å². The summed E-state index contributed by atoms with van der Waals surface area (Å²) in [5.41, 5.74) is 0.992. The molecule has 0 fully saturated rings. The number of hydrogen-bond acceptors (Lipinski definition) is 4. The minimum absolute atomic E-state index is 0.425. The van der Waals surface area contributed by atoms with E-state index in [0.717, 1.165) is 42.0 Å². The van der Waals surface area contributed by atoms with Crippen molar-refractivity contribution in [3.63, 3.8) is 0 Å². The molecule has 0 aliphatic carbocycles. The summed E-state index contributed by atoms with van der Waals surface area (Å²) in [5, 5.41) is 4.61. The minimum Gasteiger partial charge on any atom is -0.497 e. The molecule has 1 atom stereocenters. The van der Waals surface area contributed by atoms with Crippen LogP contribution in [0.2, 0.25) is 0 Å². The van der Waals surface area contributed by atoms with E-state index in [1.54, 1.807) is 7.11 Å². The van der Waals surface area contributed by atoms with E-state index in [0.29, 0.717) is 6.04 Å². The van der Waals surface area contributed by atoms with Gasteiger partial charge < -0.3 is 15.0 Å². The normalized spacial score (nSPS) is 12.6. The highest BCUT2D eigenvalue weighted by atomic mass is 16.5. The van der Waals surface area contributed by atoms with E-state index in [1.165, 1.54) is 13.0 Å². The number of anilines is 1. The number of fused-ring (bicyclic) bond motifs is 1. The van der Waals surface area contributed by atoms with Gasteiger partial charge in [0.05, 0.1) is 12.6 Å². The smallest absolute Gasteiger partial charge is 0.126 e. The third kappa shape index (κ3) is 5.10. The molecule has 0 bridgehead atoms. The summed E-state index contributed by atoms with van der Waals surface area (Å²) in [6.07, 6.45) is 2.36. The first-order valence-electron chi connectivity index (χ1n) is 8.60. The fraction of sp³-hybridized carbons (Fsp3) is 0.526. The van der Waals surface area contributed by atoms with E-state index >= 15 is 0 Å². The Labute approximate surface area is 139 Å². The summed E-state index contributed by atoms with van der Waals surface area (Å²) in [6.45, 7) is 10.1. The van der Waals surface area contributed by atoms with Crippen molar-refractivity contribution < 1.29 is 4.74 Å². The lowest BCUT2D eigenvalue weighted by Gasteiger charge is -2.20. The second-order valence-corrected chi connectivity index (χ2v) is 5.97. The molecule has 1 N–H and O–H groups in total. The Bertz CT molecular complexity index is 611. The van der Waals surface area contributed by atoms with Crippen LogP contribution in [0.15, 0.2) is 30.3 Å². The summed E-state index contributed by atoms with van der Waals surface area (Å²) in [4.78, 5) is 7.16. The molecule has 1 heterocycles. The molecule has 0 aliphatic heterocycles. The van der Waals surface area contributed by atoms with E-state index in [1.807, 2.05) is 24.3 Å². The number of nitrogens with one attached hydrogen (secondary N) is 1. The topological polar surface area (TPSA) is 37.4 Å². The van der Waals surface area contributed by atoms with Gasteiger partial charge in [-0.2, -0.15) is 0 Å². The predicted octanol–water partition coefficient (Wildman–Crippen LogP) is 4.17. The number of nitrogens with zero attached hydrogens (tertiary/aromatic N) is 2. The lowest BCUT2D eigenvalue weighted by Crippen LogP contribution is -2.25. The number of benzene rings is 1. The highest BCUT2D eigenvalue weighted by Crippen LogP contribution is 2.21. The Morgan fingerprint density at radius 3 is 2.65 bits per heavy atom. The van der Waals surface area contributed by atoms with Crippen molar-refractivity contribution in [3.05, 3.63) is 30.3 Å². The van der Waals surface area contributed by atoms with Crippen LogP contribution in [-0.4, -0.2) is 42.7 Å². The first-order valence-corrected chi connectivity index (χ1v) is 8.60. The third-order valence-corrected chi connectivity index (χ3v) is 4.30. The highest BCUT2D eigenvalue weighted by Gasteiger charge is 2.06. The van der Waals surface area contributed by atoms with Gasteiger partial charge in [-0.15, -0.1) is 0 Å². The standard InChI is InChI=1S/C19H29N3O/c1-5-22(6-2)13-7-8-15(3)20-19-12-9-16-14-17(23-4)10-11-18(16)21-19/h9-12,14-15H,5-8,13H2,1-4H3,(H,20,21)/t15-/m0/s1. The average Bonchev–Trinajstić information content (AvgIpc) is 2.58. The molecule has 2 aromatic rings. The Kier molecular flexibility index (Phi) is 6.66. The molecule has 0 unspecified atom stereocenters. The van der Waals surface area contributed by atoms with E-state index in [2.05, 4.69) is 42.0 Å². The van der Waals surface area contributed by atoms with Crippen LogP contribution in [-0.2, 0) is 0 Å². The molecule has 23 heavy (non-hydrogen) atoms. The van der Waals surface area contributed by atoms with Crippen molar-refractivity contribution in [2.24, 2.45) is 0 Å². The van der Waals surface area contributed by atoms with Crippen LogP contribution in [0.3, 0.4) is 0 Å². The first kappa shape index (κ1) is 17.5. The molecular weight excluding hydrogens is 286 g/mol. The van der Waals surface area contributed by atoms with Gasteiger partial charge in [-0.25, -0.2) is 4.98 Å². The summed E-state index contributed by atoms with van der Waals surface area (Å²) >= 11 is 0. The summed E-state index contributed by atoms with van der Waals surface area (Å²) in [5.74, 6) is 1.81. The first-order chi connectivity index (χ1) is 11.2. The van der Waals surface area contributed by atoms with E-state index in [9.17, 15) is 0 Å². The van der Waals surface area contributed by atoms with Crippen LogP contribution in [0.4, 0.5) is 5.82 Å². The van der Waals surface area contributed by atoms with Gasteiger partial charge in [-0.1, -0.05) is 13.8 Å². The Hall–Kier alpha value is -1.81. The summed E-state index contributed by atoms with van der Waals surface area (Å²) in [6, 6.07) is 10.5. The van der Waals surface area contributed by atoms with Gasteiger partial charge in [-0.3, -0.25) is 0 Å². The van der Waals surface area contributed by atoms with Crippen molar-refractivity contribution in [3.8, 4) is 5.75 Å². The number of ether oxygens (including phenoxy) is 1. The molecule has 1 aromatic carbocycles. The number of pyridine rings is 1. The molecule has 2 rings (SSSR count). The Morgan fingerprint density at radius 1 is 1.17 bits per heavy atom. The molecule has 4 nitrogen and oxygen atoms in total. The van der Waals surface area contributed by atoms with Crippen LogP contribution in [0, 0.1) is 0 Å². The van der Waals surface area contributed by atoms with Crippen molar-refractivity contribution >= 4 is 16.7 Å². The molecule has 4 heteroatoms. The van der Waals surface area contributed by atoms with Gasteiger partial charge in [0.1, 0.15) is 11.6 Å². The Balaban J connectivity index is 1.90. The minimum atomic E-state index is 0.425. The quantitative estimate of drug-likeness (QED) is 0.754. The number of rotatable bonds is 9. The second-order valence-electron chi connectivity index (χ2n) is 5.97. The molecule has 0 spiro atoms. The Morgan fingerprint density at radius 2 is 1.96 bits per heavy atom. The predicted molar refractivity (Wildman–Crippen MR) is 98.4 cm³/mol. The molecule has 126 valence electrons. The van der Waals surface area contributed by atoms with Crippen LogP contribution in [0.5, 0.6) is 5.75 Å². The maximum Gasteiger partial charge on any atom is 0.126 e. The van der Waals surface area contributed by atoms with Gasteiger partial charge >= 0.3 is 0 Å². The van der Waals surface area contributed by atoms with Gasteiger partial charge in [0.25, 0.3) is 0 Å². The fourth-order valence-electron chi connectivity index (χ4n) is 2.80. The zero-order valence-electron chi connectivity index (χ0n) is 14.8. The van der Waals surface area contributed by atoms with Gasteiger partial charge in [-0.05, 0) is 69.7 Å². The molecule has 1 aromatic heterocycles. The zero-order valence-corrected chi connectivity index (χ0v) is 14.8. The molecule has 0 amide bonds. The third-order valence-electron chi connectivity index (χ3n) is 4.30. The fourth-order valence-corrected chi connectivity index (χ4v) is 2.80. The van der Waals surface area contributed by atoms with Crippen molar-refractivity contribution in [2.75, 3.05) is 32.1 Å². The van der Waals surface area contributed by atoms with Gasteiger partial charge in [0, 0.05) is 11.4 Å². The zero-order chi connectivity index (χ0) is 16.7. The molecule has 0 radical (unpaired) electrons. The summed E-state index contributed by atoms with van der Waals surface area (Å²) in [7, 11) is 1.68. The maximum atomic E-state index is 5.25. The van der Waals surface area contributed by atoms with Crippen LogP contribution in [0.25, 0.3) is 10.9 Å². The second kappa shape index (κ2) is 8.73. The van der Waals surface area contributed by atoms with Crippen LogP contribution >= 0.6 is 0 Å². The highest BCUT2D eigenvalue weighted by molar-refractivity contribution is 5.81. The average molecular weight is 315 g/mol. The van der Waals surface area contributed by atoms with Gasteiger partial charge in [0.2, 0.25) is 0 Å². The maximum absolute atomic E-state index is 5.25. The molecule has 0 saturated heterocycles.